The van der Waals surface area contributed by atoms with Crippen LogP contribution in [0.4, 0.5) is 5.69 Å². The zero-order chi connectivity index (χ0) is 15.0. The van der Waals surface area contributed by atoms with Crippen LogP contribution in [0, 0.1) is 20.8 Å². The van der Waals surface area contributed by atoms with Gasteiger partial charge in [0.25, 0.3) is 0 Å². The van der Waals surface area contributed by atoms with Crippen molar-refractivity contribution in [3.05, 3.63) is 41.0 Å². The van der Waals surface area contributed by atoms with E-state index in [1.54, 1.807) is 12.1 Å². The highest BCUT2D eigenvalue weighted by Gasteiger charge is 2.16. The second kappa shape index (κ2) is 5.20. The van der Waals surface area contributed by atoms with Gasteiger partial charge in [-0.1, -0.05) is 6.07 Å². The van der Waals surface area contributed by atoms with Gasteiger partial charge in [0.05, 0.1) is 5.69 Å². The lowest BCUT2D eigenvalue weighted by molar-refractivity contribution is 0.171. The molecule has 2 aromatic carbocycles. The maximum Gasteiger partial charge on any atom is 0.165 e. The Morgan fingerprint density at radius 3 is 2.29 bits per heavy atom. The van der Waals surface area contributed by atoms with Crippen LogP contribution in [-0.2, 0) is 0 Å². The molecule has 4 nitrogen and oxygen atoms in total. The minimum absolute atomic E-state index is 0.540. The number of nitrogens with two attached hydrogens (primary N) is 1. The lowest BCUT2D eigenvalue weighted by Gasteiger charge is -2.20. The predicted molar refractivity (Wildman–Crippen MR) is 82.6 cm³/mol. The Bertz CT molecular complexity index is 695. The van der Waals surface area contributed by atoms with Crippen molar-refractivity contribution in [1.82, 2.24) is 0 Å². The van der Waals surface area contributed by atoms with Gasteiger partial charge in [-0.15, -0.1) is 0 Å². The SMILES string of the molecule is Cc1cc(C)c(C)c(Oc2cc3c(cc2N)OCCO3)c1. The lowest BCUT2D eigenvalue weighted by atomic mass is 10.1. The summed E-state index contributed by atoms with van der Waals surface area (Å²) >= 11 is 0. The van der Waals surface area contributed by atoms with Gasteiger partial charge in [-0.2, -0.15) is 0 Å². The van der Waals surface area contributed by atoms with E-state index in [1.165, 1.54) is 5.56 Å². The first kappa shape index (κ1) is 13.6. The lowest BCUT2D eigenvalue weighted by Crippen LogP contribution is -2.15. The number of aryl methyl sites for hydroxylation is 2. The van der Waals surface area contributed by atoms with E-state index in [-0.39, 0.29) is 0 Å². The Kier molecular flexibility index (Phi) is 3.37. The Morgan fingerprint density at radius 2 is 1.57 bits per heavy atom. The number of ether oxygens (including phenoxy) is 3. The predicted octanol–water partition coefficient (Wildman–Crippen LogP) is 3.76. The molecule has 0 aromatic heterocycles. The smallest absolute Gasteiger partial charge is 0.165 e. The van der Waals surface area contributed by atoms with Crippen molar-refractivity contribution in [2.75, 3.05) is 18.9 Å². The largest absolute Gasteiger partial charge is 0.486 e. The van der Waals surface area contributed by atoms with Gasteiger partial charge in [0.2, 0.25) is 0 Å². The van der Waals surface area contributed by atoms with Crippen LogP contribution in [-0.4, -0.2) is 13.2 Å². The normalized spacial score (nSPS) is 13.1. The summed E-state index contributed by atoms with van der Waals surface area (Å²) < 4.78 is 17.1. The summed E-state index contributed by atoms with van der Waals surface area (Å²) in [5.74, 6) is 2.75. The van der Waals surface area contributed by atoms with Crippen molar-refractivity contribution in [3.8, 4) is 23.0 Å². The first-order valence-electron chi connectivity index (χ1n) is 6.99. The maximum atomic E-state index is 6.06. The first-order valence-corrected chi connectivity index (χ1v) is 6.99. The second-order valence-corrected chi connectivity index (χ2v) is 5.34. The van der Waals surface area contributed by atoms with Gasteiger partial charge in [-0.3, -0.25) is 0 Å². The van der Waals surface area contributed by atoms with Crippen LogP contribution in [0.15, 0.2) is 24.3 Å². The summed E-state index contributed by atoms with van der Waals surface area (Å²) in [6.07, 6.45) is 0. The Labute approximate surface area is 124 Å². The molecule has 110 valence electrons. The van der Waals surface area contributed by atoms with Crippen LogP contribution >= 0.6 is 0 Å². The van der Waals surface area contributed by atoms with Gasteiger partial charge in [-0.25, -0.2) is 0 Å². The molecule has 0 bridgehead atoms. The Balaban J connectivity index is 1.98. The molecule has 2 N–H and O–H groups in total. The molecule has 0 saturated heterocycles. The van der Waals surface area contributed by atoms with Crippen LogP contribution in [0.5, 0.6) is 23.0 Å². The summed E-state index contributed by atoms with van der Waals surface area (Å²) in [5, 5.41) is 0. The van der Waals surface area contributed by atoms with Crippen LogP contribution in [0.25, 0.3) is 0 Å². The third kappa shape index (κ3) is 2.61. The molecule has 1 aliphatic rings. The van der Waals surface area contributed by atoms with Crippen LogP contribution < -0.4 is 19.9 Å². The van der Waals surface area contributed by atoms with Crippen molar-refractivity contribution in [3.63, 3.8) is 0 Å². The summed E-state index contributed by atoms with van der Waals surface area (Å²) in [6.45, 7) is 7.24. The number of nitrogen functional groups attached to an aromatic ring is 1. The minimum Gasteiger partial charge on any atom is -0.486 e. The molecule has 3 rings (SSSR count). The van der Waals surface area contributed by atoms with Gasteiger partial charge < -0.3 is 19.9 Å². The zero-order valence-electron chi connectivity index (χ0n) is 12.5. The van der Waals surface area contributed by atoms with E-state index in [4.69, 9.17) is 19.9 Å². The fraction of sp³-hybridized carbons (Fsp3) is 0.294. The minimum atomic E-state index is 0.540. The average Bonchev–Trinajstić information content (AvgIpc) is 2.45. The van der Waals surface area contributed by atoms with Gasteiger partial charge >= 0.3 is 0 Å². The molecule has 2 aromatic rings. The third-order valence-corrected chi connectivity index (χ3v) is 3.66. The van der Waals surface area contributed by atoms with Crippen molar-refractivity contribution >= 4 is 5.69 Å². The highest BCUT2D eigenvalue weighted by atomic mass is 16.6. The van der Waals surface area contributed by atoms with Crippen LogP contribution in [0.3, 0.4) is 0 Å². The molecular weight excluding hydrogens is 266 g/mol. The topological polar surface area (TPSA) is 53.7 Å². The number of fused-ring (bicyclic) bond motifs is 1. The summed E-state index contributed by atoms with van der Waals surface area (Å²) in [5.41, 5.74) is 10.1. The zero-order valence-corrected chi connectivity index (χ0v) is 12.5. The molecule has 4 heteroatoms. The van der Waals surface area contributed by atoms with Crippen LogP contribution in [0.1, 0.15) is 16.7 Å². The van der Waals surface area contributed by atoms with E-state index in [9.17, 15) is 0 Å². The molecule has 0 unspecified atom stereocenters. The van der Waals surface area contributed by atoms with Gasteiger partial charge in [0.15, 0.2) is 17.2 Å². The Hall–Kier alpha value is -2.36. The van der Waals surface area contributed by atoms with Gasteiger partial charge in [0, 0.05) is 12.1 Å². The van der Waals surface area contributed by atoms with Gasteiger partial charge in [-0.05, 0) is 43.5 Å². The van der Waals surface area contributed by atoms with E-state index >= 15 is 0 Å². The Morgan fingerprint density at radius 1 is 0.905 bits per heavy atom. The summed E-state index contributed by atoms with van der Waals surface area (Å²) in [7, 11) is 0. The number of anilines is 1. The highest BCUT2D eigenvalue weighted by molar-refractivity contribution is 5.63. The molecule has 0 saturated carbocycles. The molecule has 1 aliphatic heterocycles. The van der Waals surface area contributed by atoms with E-state index in [0.717, 1.165) is 16.9 Å². The van der Waals surface area contributed by atoms with E-state index in [0.29, 0.717) is 36.1 Å². The monoisotopic (exact) mass is 285 g/mol. The van der Waals surface area contributed by atoms with E-state index in [2.05, 4.69) is 13.0 Å². The third-order valence-electron chi connectivity index (χ3n) is 3.66. The molecule has 0 spiro atoms. The molecule has 1 heterocycles. The van der Waals surface area contributed by atoms with Crippen molar-refractivity contribution < 1.29 is 14.2 Å². The highest BCUT2D eigenvalue weighted by Crippen LogP contribution is 2.40. The van der Waals surface area contributed by atoms with E-state index in [1.807, 2.05) is 19.9 Å². The van der Waals surface area contributed by atoms with Gasteiger partial charge in [0.1, 0.15) is 19.0 Å². The standard InChI is InChI=1S/C17H19NO3/c1-10-6-11(2)12(3)14(7-10)21-15-9-17-16(8-13(15)18)19-4-5-20-17/h6-9H,4-5,18H2,1-3H3. The second-order valence-electron chi connectivity index (χ2n) is 5.34. The molecule has 0 radical (unpaired) electrons. The molecule has 0 aliphatic carbocycles. The summed E-state index contributed by atoms with van der Waals surface area (Å²) in [6, 6.07) is 7.69. The number of hydrogen-bond acceptors (Lipinski definition) is 4. The molecule has 0 atom stereocenters. The molecule has 0 fully saturated rings. The number of benzene rings is 2. The number of hydrogen-bond donors (Lipinski definition) is 1. The van der Waals surface area contributed by atoms with Crippen molar-refractivity contribution in [2.45, 2.75) is 20.8 Å². The van der Waals surface area contributed by atoms with Crippen molar-refractivity contribution in [1.29, 1.82) is 0 Å². The molecular formula is C17H19NO3. The fourth-order valence-electron chi connectivity index (χ4n) is 2.40. The van der Waals surface area contributed by atoms with E-state index < -0.39 is 0 Å². The first-order chi connectivity index (χ1) is 10.0. The van der Waals surface area contributed by atoms with Crippen molar-refractivity contribution in [2.24, 2.45) is 0 Å². The van der Waals surface area contributed by atoms with Crippen LogP contribution in [0.2, 0.25) is 0 Å². The molecule has 21 heavy (non-hydrogen) atoms. The number of rotatable bonds is 2. The fourth-order valence-corrected chi connectivity index (χ4v) is 2.40. The molecule has 0 amide bonds. The quantitative estimate of drug-likeness (QED) is 0.854. The maximum absolute atomic E-state index is 6.06. The average molecular weight is 285 g/mol. The summed E-state index contributed by atoms with van der Waals surface area (Å²) in [4.78, 5) is 0.